The van der Waals surface area contributed by atoms with Gasteiger partial charge < -0.3 is 10.4 Å². The first-order chi connectivity index (χ1) is 9.38. The summed E-state index contributed by atoms with van der Waals surface area (Å²) in [6.45, 7) is 0. The lowest BCUT2D eigenvalue weighted by Gasteiger charge is -2.10. The average molecular weight is 335 g/mol. The van der Waals surface area contributed by atoms with Crippen molar-refractivity contribution < 1.29 is 14.3 Å². The summed E-state index contributed by atoms with van der Waals surface area (Å²) in [6.07, 6.45) is 0. The Morgan fingerprint density at radius 3 is 2.30 bits per heavy atom. The minimum absolute atomic E-state index is 0.131. The van der Waals surface area contributed by atoms with Crippen LogP contribution in [0.2, 0.25) is 15.1 Å². The highest BCUT2D eigenvalue weighted by Crippen LogP contribution is 2.34. The van der Waals surface area contributed by atoms with E-state index >= 15 is 0 Å². The molecule has 0 saturated carbocycles. The first-order valence-corrected chi connectivity index (χ1v) is 6.46. The fourth-order valence-corrected chi connectivity index (χ4v) is 2.44. The lowest BCUT2D eigenvalue weighted by atomic mass is 10.1. The molecule has 20 heavy (non-hydrogen) atoms. The lowest BCUT2D eigenvalue weighted by molar-refractivity contribution is 0.102. The number of anilines is 1. The first-order valence-electron chi connectivity index (χ1n) is 5.33. The van der Waals surface area contributed by atoms with Gasteiger partial charge in [0, 0.05) is 5.02 Å². The Labute approximate surface area is 128 Å². The van der Waals surface area contributed by atoms with Gasteiger partial charge in [0.2, 0.25) is 0 Å². The summed E-state index contributed by atoms with van der Waals surface area (Å²) >= 11 is 17.6. The number of amides is 1. The zero-order valence-electron chi connectivity index (χ0n) is 9.75. The molecule has 3 nitrogen and oxygen atoms in total. The van der Waals surface area contributed by atoms with Crippen LogP contribution in [0.1, 0.15) is 10.4 Å². The van der Waals surface area contributed by atoms with Gasteiger partial charge in [-0.25, -0.2) is 4.39 Å². The predicted molar refractivity (Wildman–Crippen MR) is 77.5 cm³/mol. The van der Waals surface area contributed by atoms with Crippen molar-refractivity contribution in [2.24, 2.45) is 0 Å². The number of phenols is 1. The molecule has 0 aliphatic heterocycles. The Kier molecular flexibility index (Phi) is 4.38. The smallest absolute Gasteiger partial charge is 0.259 e. The van der Waals surface area contributed by atoms with Crippen LogP contribution in [0.5, 0.6) is 5.75 Å². The van der Waals surface area contributed by atoms with Crippen molar-refractivity contribution in [3.8, 4) is 5.75 Å². The number of benzene rings is 2. The fraction of sp³-hybridized carbons (Fsp3) is 0. The zero-order chi connectivity index (χ0) is 14.9. The molecule has 0 spiro atoms. The fourth-order valence-electron chi connectivity index (χ4n) is 1.53. The van der Waals surface area contributed by atoms with Gasteiger partial charge in [0.1, 0.15) is 11.6 Å². The molecule has 0 fully saturated rings. The highest BCUT2D eigenvalue weighted by molar-refractivity contribution is 6.42. The van der Waals surface area contributed by atoms with E-state index in [-0.39, 0.29) is 27.0 Å². The molecule has 2 N–H and O–H groups in total. The third kappa shape index (κ3) is 3.15. The van der Waals surface area contributed by atoms with Crippen molar-refractivity contribution in [1.82, 2.24) is 0 Å². The summed E-state index contributed by atoms with van der Waals surface area (Å²) in [5, 5.41) is 12.5. The monoisotopic (exact) mass is 333 g/mol. The van der Waals surface area contributed by atoms with Crippen LogP contribution >= 0.6 is 34.8 Å². The van der Waals surface area contributed by atoms with Gasteiger partial charge >= 0.3 is 0 Å². The number of hydrogen-bond donors (Lipinski definition) is 2. The number of carbonyl (C=O) groups excluding carboxylic acids is 1. The highest BCUT2D eigenvalue weighted by Gasteiger charge is 2.16. The maximum atomic E-state index is 13.1. The number of nitrogens with one attached hydrogen (secondary N) is 1. The van der Waals surface area contributed by atoms with Crippen molar-refractivity contribution in [2.45, 2.75) is 0 Å². The SMILES string of the molecule is O=C(Nc1c(Cl)cc(Cl)cc1Cl)c1cc(F)ccc1O. The Morgan fingerprint density at radius 2 is 1.70 bits per heavy atom. The van der Waals surface area contributed by atoms with Crippen LogP contribution in [0.4, 0.5) is 10.1 Å². The maximum Gasteiger partial charge on any atom is 0.259 e. The van der Waals surface area contributed by atoms with Gasteiger partial charge in [-0.15, -0.1) is 0 Å². The van der Waals surface area contributed by atoms with E-state index in [0.29, 0.717) is 5.02 Å². The number of halogens is 4. The quantitative estimate of drug-likeness (QED) is 0.833. The molecule has 0 aliphatic carbocycles. The number of phenolic OH excluding ortho intramolecular Hbond substituents is 1. The van der Waals surface area contributed by atoms with Gasteiger partial charge in [-0.3, -0.25) is 4.79 Å². The van der Waals surface area contributed by atoms with Crippen molar-refractivity contribution in [3.63, 3.8) is 0 Å². The van der Waals surface area contributed by atoms with E-state index in [4.69, 9.17) is 34.8 Å². The molecular formula is C13H7Cl3FNO2. The number of carbonyl (C=O) groups is 1. The second kappa shape index (κ2) is 5.87. The van der Waals surface area contributed by atoms with Gasteiger partial charge in [0.25, 0.3) is 5.91 Å². The van der Waals surface area contributed by atoms with Gasteiger partial charge in [0.15, 0.2) is 0 Å². The summed E-state index contributed by atoms with van der Waals surface area (Å²) in [5.41, 5.74) is -0.0986. The highest BCUT2D eigenvalue weighted by atomic mass is 35.5. The molecule has 2 rings (SSSR count). The lowest BCUT2D eigenvalue weighted by Crippen LogP contribution is -2.13. The van der Waals surface area contributed by atoms with Gasteiger partial charge in [-0.1, -0.05) is 34.8 Å². The molecular weight excluding hydrogens is 328 g/mol. The molecule has 0 atom stereocenters. The third-order valence-corrected chi connectivity index (χ3v) is 3.26. The molecule has 104 valence electrons. The Balaban J connectivity index is 2.35. The van der Waals surface area contributed by atoms with E-state index in [0.717, 1.165) is 18.2 Å². The van der Waals surface area contributed by atoms with Crippen LogP contribution in [-0.2, 0) is 0 Å². The largest absolute Gasteiger partial charge is 0.507 e. The van der Waals surface area contributed by atoms with E-state index < -0.39 is 11.7 Å². The van der Waals surface area contributed by atoms with Crippen LogP contribution < -0.4 is 5.32 Å². The van der Waals surface area contributed by atoms with Crippen LogP contribution in [0.3, 0.4) is 0 Å². The summed E-state index contributed by atoms with van der Waals surface area (Å²) < 4.78 is 13.1. The molecule has 0 bridgehead atoms. The van der Waals surface area contributed by atoms with E-state index in [2.05, 4.69) is 5.32 Å². The van der Waals surface area contributed by atoms with E-state index in [9.17, 15) is 14.3 Å². The van der Waals surface area contributed by atoms with Crippen LogP contribution in [0.25, 0.3) is 0 Å². The molecule has 2 aromatic carbocycles. The van der Waals surface area contributed by atoms with Crippen molar-refractivity contribution in [1.29, 1.82) is 0 Å². The first kappa shape index (κ1) is 14.9. The third-order valence-electron chi connectivity index (χ3n) is 2.45. The Hall–Kier alpha value is -1.49. The van der Waals surface area contributed by atoms with Gasteiger partial charge in [-0.05, 0) is 30.3 Å². The van der Waals surface area contributed by atoms with Gasteiger partial charge in [-0.2, -0.15) is 0 Å². The molecule has 0 unspecified atom stereocenters. The number of rotatable bonds is 2. The second-order valence-electron chi connectivity index (χ2n) is 3.86. The van der Waals surface area contributed by atoms with Crippen molar-refractivity contribution >= 4 is 46.4 Å². The predicted octanol–water partition coefficient (Wildman–Crippen LogP) is 4.74. The van der Waals surface area contributed by atoms with Gasteiger partial charge in [0.05, 0.1) is 21.3 Å². The Morgan fingerprint density at radius 1 is 1.10 bits per heavy atom. The normalized spacial score (nSPS) is 10.4. The molecule has 0 aromatic heterocycles. The minimum atomic E-state index is -0.742. The van der Waals surface area contributed by atoms with Crippen molar-refractivity contribution in [2.75, 3.05) is 5.32 Å². The molecule has 7 heteroatoms. The standard InChI is InChI=1S/C13H7Cl3FNO2/c14-6-3-9(15)12(10(16)4-6)18-13(20)8-5-7(17)1-2-11(8)19/h1-5,19H,(H,18,20). The molecule has 0 radical (unpaired) electrons. The summed E-state index contributed by atoms with van der Waals surface area (Å²) in [7, 11) is 0. The molecule has 2 aromatic rings. The average Bonchev–Trinajstić information content (AvgIpc) is 2.36. The van der Waals surface area contributed by atoms with Crippen LogP contribution in [0.15, 0.2) is 30.3 Å². The second-order valence-corrected chi connectivity index (χ2v) is 5.11. The summed E-state index contributed by atoms with van der Waals surface area (Å²) in [6, 6.07) is 5.82. The molecule has 0 saturated heterocycles. The molecule has 0 heterocycles. The van der Waals surface area contributed by atoms with E-state index in [1.807, 2.05) is 0 Å². The number of aromatic hydroxyl groups is 1. The number of hydrogen-bond acceptors (Lipinski definition) is 2. The molecule has 1 amide bonds. The summed E-state index contributed by atoms with van der Waals surface area (Å²) in [4.78, 5) is 12.0. The van der Waals surface area contributed by atoms with Crippen LogP contribution in [-0.4, -0.2) is 11.0 Å². The van der Waals surface area contributed by atoms with Crippen molar-refractivity contribution in [3.05, 3.63) is 56.8 Å². The van der Waals surface area contributed by atoms with Crippen LogP contribution in [0, 0.1) is 5.82 Å². The minimum Gasteiger partial charge on any atom is -0.507 e. The summed E-state index contributed by atoms with van der Waals surface area (Å²) in [5.74, 6) is -1.75. The topological polar surface area (TPSA) is 49.3 Å². The van der Waals surface area contributed by atoms with E-state index in [1.165, 1.54) is 12.1 Å². The Bertz CT molecular complexity index is 668. The zero-order valence-corrected chi connectivity index (χ0v) is 12.0. The molecule has 0 aliphatic rings. The maximum absolute atomic E-state index is 13.1. The van der Waals surface area contributed by atoms with E-state index in [1.54, 1.807) is 0 Å².